The number of nitrogens with one attached hydrogen (secondary N) is 3. The molecule has 0 spiro atoms. The molecule has 0 fully saturated rings. The van der Waals surface area contributed by atoms with Crippen molar-refractivity contribution in [2.24, 2.45) is 0 Å². The van der Waals surface area contributed by atoms with Crippen molar-refractivity contribution in [3.63, 3.8) is 0 Å². The molecule has 1 aromatic carbocycles. The van der Waals surface area contributed by atoms with Gasteiger partial charge >= 0.3 is 0 Å². The highest BCUT2D eigenvalue weighted by atomic mass is 19.1. The first kappa shape index (κ1) is 13.3. The summed E-state index contributed by atoms with van der Waals surface area (Å²) in [6.07, 6.45) is 2.38. The number of aromatic nitrogens is 4. The first-order chi connectivity index (χ1) is 10.3. The summed E-state index contributed by atoms with van der Waals surface area (Å²) in [4.78, 5) is 8.64. The molecule has 3 N–H and O–H groups in total. The predicted molar refractivity (Wildman–Crippen MR) is 79.8 cm³/mol. The number of H-pyrrole nitrogens is 1. The maximum absolute atomic E-state index is 13.1. The van der Waals surface area contributed by atoms with Gasteiger partial charge in [-0.1, -0.05) is 12.1 Å². The Morgan fingerprint density at radius 3 is 3.00 bits per heavy atom. The Kier molecular flexibility index (Phi) is 3.63. The number of fused-ring (bicyclic) bond motifs is 1. The molecule has 0 radical (unpaired) electrons. The lowest BCUT2D eigenvalue weighted by Gasteiger charge is -2.08. The smallest absolute Gasteiger partial charge is 0.226 e. The van der Waals surface area contributed by atoms with Gasteiger partial charge in [0.15, 0.2) is 5.65 Å². The number of aromatic amines is 1. The molecule has 2 aromatic heterocycles. The van der Waals surface area contributed by atoms with Gasteiger partial charge in [-0.3, -0.25) is 5.10 Å². The Morgan fingerprint density at radius 1 is 1.29 bits per heavy atom. The van der Waals surface area contributed by atoms with Gasteiger partial charge in [-0.2, -0.15) is 15.1 Å². The van der Waals surface area contributed by atoms with Gasteiger partial charge in [0.1, 0.15) is 11.6 Å². The lowest BCUT2D eigenvalue weighted by Crippen LogP contribution is -2.08. The molecule has 7 heteroatoms. The predicted octanol–water partition coefficient (Wildman–Crippen LogP) is 2.19. The second-order valence-electron chi connectivity index (χ2n) is 4.58. The fourth-order valence-electron chi connectivity index (χ4n) is 2.10. The highest BCUT2D eigenvalue weighted by Crippen LogP contribution is 2.19. The second kappa shape index (κ2) is 5.74. The normalized spacial score (nSPS) is 10.8. The van der Waals surface area contributed by atoms with Crippen LogP contribution in [0.5, 0.6) is 0 Å². The van der Waals surface area contributed by atoms with Crippen LogP contribution < -0.4 is 10.6 Å². The number of nitrogens with zero attached hydrogens (tertiary/aromatic N) is 3. The highest BCUT2D eigenvalue weighted by molar-refractivity contribution is 5.86. The van der Waals surface area contributed by atoms with Gasteiger partial charge in [-0.15, -0.1) is 0 Å². The van der Waals surface area contributed by atoms with Gasteiger partial charge in [0, 0.05) is 13.6 Å². The fraction of sp³-hybridized carbons (Fsp3) is 0.214. The Morgan fingerprint density at radius 2 is 2.19 bits per heavy atom. The molecule has 0 saturated heterocycles. The van der Waals surface area contributed by atoms with Gasteiger partial charge in [0.25, 0.3) is 0 Å². The molecule has 2 heterocycles. The molecule has 0 atom stereocenters. The van der Waals surface area contributed by atoms with Crippen LogP contribution >= 0.6 is 0 Å². The van der Waals surface area contributed by atoms with Gasteiger partial charge in [0.2, 0.25) is 5.95 Å². The van der Waals surface area contributed by atoms with Crippen LogP contribution in [0, 0.1) is 5.82 Å². The van der Waals surface area contributed by atoms with Crippen molar-refractivity contribution in [3.05, 3.63) is 41.8 Å². The zero-order valence-electron chi connectivity index (χ0n) is 11.5. The van der Waals surface area contributed by atoms with E-state index in [1.54, 1.807) is 19.3 Å². The number of rotatable bonds is 5. The summed E-state index contributed by atoms with van der Waals surface area (Å²) in [6.45, 7) is 0.643. The lowest BCUT2D eigenvalue weighted by atomic mass is 10.1. The van der Waals surface area contributed by atoms with Crippen LogP contribution in [0.2, 0.25) is 0 Å². The third-order valence-electron chi connectivity index (χ3n) is 3.13. The van der Waals surface area contributed by atoms with Crippen molar-refractivity contribution in [2.45, 2.75) is 6.42 Å². The SMILES string of the molecule is CNc1nc(NCCc2cccc(F)c2)c2cn[nH]c2n1. The zero-order valence-corrected chi connectivity index (χ0v) is 11.5. The van der Waals surface area contributed by atoms with Crippen molar-refractivity contribution in [1.82, 2.24) is 20.2 Å². The monoisotopic (exact) mass is 286 g/mol. The largest absolute Gasteiger partial charge is 0.369 e. The number of benzene rings is 1. The van der Waals surface area contributed by atoms with E-state index in [1.165, 1.54) is 12.1 Å². The summed E-state index contributed by atoms with van der Waals surface area (Å²) < 4.78 is 13.1. The van der Waals surface area contributed by atoms with E-state index in [0.29, 0.717) is 30.4 Å². The molecule has 3 rings (SSSR count). The molecule has 3 aromatic rings. The average molecular weight is 286 g/mol. The minimum atomic E-state index is -0.218. The molecular formula is C14H15FN6. The number of anilines is 2. The summed E-state index contributed by atoms with van der Waals surface area (Å²) in [5.41, 5.74) is 1.61. The number of hydrogen-bond donors (Lipinski definition) is 3. The van der Waals surface area contributed by atoms with Crippen molar-refractivity contribution in [3.8, 4) is 0 Å². The van der Waals surface area contributed by atoms with E-state index in [0.717, 1.165) is 10.9 Å². The molecule has 0 aliphatic heterocycles. The summed E-state index contributed by atoms with van der Waals surface area (Å²) in [7, 11) is 1.76. The van der Waals surface area contributed by atoms with Gasteiger partial charge in [0.05, 0.1) is 11.6 Å². The molecule has 108 valence electrons. The zero-order chi connectivity index (χ0) is 14.7. The molecule has 0 aliphatic carbocycles. The van der Waals surface area contributed by atoms with Crippen LogP contribution in [0.25, 0.3) is 11.0 Å². The third kappa shape index (κ3) is 2.91. The Bertz CT molecular complexity index is 754. The van der Waals surface area contributed by atoms with Crippen LogP contribution in [0.15, 0.2) is 30.5 Å². The van der Waals surface area contributed by atoms with Crippen LogP contribution in [-0.2, 0) is 6.42 Å². The van der Waals surface area contributed by atoms with E-state index >= 15 is 0 Å². The topological polar surface area (TPSA) is 78.5 Å². The van der Waals surface area contributed by atoms with Crippen LogP contribution in [0.4, 0.5) is 16.2 Å². The summed E-state index contributed by atoms with van der Waals surface area (Å²) in [5, 5.41) is 13.8. The van der Waals surface area contributed by atoms with Gasteiger partial charge < -0.3 is 10.6 Å². The molecule has 6 nitrogen and oxygen atoms in total. The summed E-state index contributed by atoms with van der Waals surface area (Å²) in [6, 6.07) is 6.59. The molecule has 0 amide bonds. The summed E-state index contributed by atoms with van der Waals surface area (Å²) in [5.74, 6) is 0.999. The van der Waals surface area contributed by atoms with E-state index in [2.05, 4.69) is 30.8 Å². The maximum atomic E-state index is 13.1. The second-order valence-corrected chi connectivity index (χ2v) is 4.58. The van der Waals surface area contributed by atoms with Crippen molar-refractivity contribution in [1.29, 1.82) is 0 Å². The van der Waals surface area contributed by atoms with E-state index in [9.17, 15) is 4.39 Å². The molecule has 0 bridgehead atoms. The number of halogens is 1. The molecule has 0 aliphatic rings. The van der Waals surface area contributed by atoms with E-state index < -0.39 is 0 Å². The molecule has 0 saturated carbocycles. The van der Waals surface area contributed by atoms with Crippen molar-refractivity contribution in [2.75, 3.05) is 24.2 Å². The fourth-order valence-corrected chi connectivity index (χ4v) is 2.10. The molecule has 21 heavy (non-hydrogen) atoms. The first-order valence-electron chi connectivity index (χ1n) is 6.63. The quantitative estimate of drug-likeness (QED) is 0.670. The Hall–Kier alpha value is -2.70. The first-order valence-corrected chi connectivity index (χ1v) is 6.63. The van der Waals surface area contributed by atoms with Crippen molar-refractivity contribution < 1.29 is 4.39 Å². The van der Waals surface area contributed by atoms with Gasteiger partial charge in [-0.05, 0) is 24.1 Å². The van der Waals surface area contributed by atoms with Gasteiger partial charge in [-0.25, -0.2) is 4.39 Å². The molecular weight excluding hydrogens is 271 g/mol. The third-order valence-corrected chi connectivity index (χ3v) is 3.13. The minimum absolute atomic E-state index is 0.218. The van der Waals surface area contributed by atoms with Crippen LogP contribution in [-0.4, -0.2) is 33.8 Å². The standard InChI is InChI=1S/C14H15FN6/c1-16-14-19-12(11-8-18-21-13(11)20-14)17-6-5-9-3-2-4-10(15)7-9/h2-4,7-8H,5-6H2,1H3,(H3,16,17,18,19,20,21). The van der Waals surface area contributed by atoms with E-state index in [4.69, 9.17) is 0 Å². The van der Waals surface area contributed by atoms with Crippen LogP contribution in [0.3, 0.4) is 0 Å². The maximum Gasteiger partial charge on any atom is 0.226 e. The lowest BCUT2D eigenvalue weighted by molar-refractivity contribution is 0.625. The average Bonchev–Trinajstić information content (AvgIpc) is 2.95. The van der Waals surface area contributed by atoms with Crippen molar-refractivity contribution >= 4 is 22.8 Å². The number of hydrogen-bond acceptors (Lipinski definition) is 5. The summed E-state index contributed by atoms with van der Waals surface area (Å²) >= 11 is 0. The minimum Gasteiger partial charge on any atom is -0.369 e. The Labute approximate surface area is 120 Å². The highest BCUT2D eigenvalue weighted by Gasteiger charge is 2.08. The van der Waals surface area contributed by atoms with E-state index in [1.807, 2.05) is 6.07 Å². The Balaban J connectivity index is 1.74. The van der Waals surface area contributed by atoms with E-state index in [-0.39, 0.29) is 5.82 Å². The molecule has 0 unspecified atom stereocenters. The van der Waals surface area contributed by atoms with Crippen LogP contribution in [0.1, 0.15) is 5.56 Å².